The second kappa shape index (κ2) is 7.20. The summed E-state index contributed by atoms with van der Waals surface area (Å²) in [6.45, 7) is 2.79. The van der Waals surface area contributed by atoms with Gasteiger partial charge in [0.2, 0.25) is 0 Å². The van der Waals surface area contributed by atoms with Gasteiger partial charge >= 0.3 is 0 Å². The summed E-state index contributed by atoms with van der Waals surface area (Å²) in [4.78, 5) is 18.4. The molecular formula is C17H17N3O. The molecule has 0 saturated heterocycles. The molecule has 0 aliphatic carbocycles. The van der Waals surface area contributed by atoms with Crippen molar-refractivity contribution in [3.8, 4) is 6.07 Å². The molecule has 1 aromatic heterocycles. The van der Waals surface area contributed by atoms with Gasteiger partial charge in [0.15, 0.2) is 0 Å². The lowest BCUT2D eigenvalue weighted by molar-refractivity contribution is 0.0746. The molecule has 21 heavy (non-hydrogen) atoms. The lowest BCUT2D eigenvalue weighted by atomic mass is 10.1. The maximum atomic E-state index is 12.7. The first-order valence-electron chi connectivity index (χ1n) is 6.83. The van der Waals surface area contributed by atoms with Gasteiger partial charge in [-0.3, -0.25) is 9.78 Å². The first-order valence-corrected chi connectivity index (χ1v) is 6.83. The summed E-state index contributed by atoms with van der Waals surface area (Å²) in [6, 6.07) is 13.4. The molecule has 2 aromatic rings. The normalized spacial score (nSPS) is 9.90. The molecule has 1 heterocycles. The summed E-state index contributed by atoms with van der Waals surface area (Å²) in [5.74, 6) is -0.0489. The largest absolute Gasteiger partial charge is 0.333 e. The number of benzene rings is 1. The molecule has 0 spiro atoms. The van der Waals surface area contributed by atoms with Crippen LogP contribution in [0.1, 0.15) is 27.9 Å². The third-order valence-electron chi connectivity index (χ3n) is 3.25. The second-order valence-corrected chi connectivity index (χ2v) is 4.81. The molecule has 0 unspecified atom stereocenters. The molecule has 0 aliphatic heterocycles. The number of rotatable bonds is 5. The Bertz CT molecular complexity index is 647. The van der Waals surface area contributed by atoms with E-state index in [1.165, 1.54) is 0 Å². The predicted octanol–water partition coefficient (Wildman–Crippen LogP) is 2.95. The van der Waals surface area contributed by atoms with Gasteiger partial charge < -0.3 is 4.90 Å². The van der Waals surface area contributed by atoms with Crippen molar-refractivity contribution in [2.24, 2.45) is 0 Å². The fraction of sp³-hybridized carbons (Fsp3) is 0.235. The van der Waals surface area contributed by atoms with Crippen molar-refractivity contribution in [2.45, 2.75) is 19.9 Å². The number of amides is 1. The first-order chi connectivity index (χ1) is 10.2. The van der Waals surface area contributed by atoms with Crippen LogP contribution in [0.4, 0.5) is 0 Å². The number of aromatic nitrogens is 1. The van der Waals surface area contributed by atoms with Crippen molar-refractivity contribution in [2.75, 3.05) is 6.54 Å². The highest BCUT2D eigenvalue weighted by Gasteiger charge is 2.17. The van der Waals surface area contributed by atoms with Crippen LogP contribution in [-0.2, 0) is 6.54 Å². The third kappa shape index (κ3) is 3.90. The highest BCUT2D eigenvalue weighted by atomic mass is 16.2. The number of hydrogen-bond donors (Lipinski definition) is 0. The summed E-state index contributed by atoms with van der Waals surface area (Å²) in [5.41, 5.74) is 2.58. The molecule has 4 heteroatoms. The number of aryl methyl sites for hydroxylation is 1. The van der Waals surface area contributed by atoms with Crippen molar-refractivity contribution in [1.82, 2.24) is 9.88 Å². The topological polar surface area (TPSA) is 57.0 Å². The molecule has 2 rings (SSSR count). The second-order valence-electron chi connectivity index (χ2n) is 4.81. The molecule has 0 fully saturated rings. The fourth-order valence-corrected chi connectivity index (χ4v) is 2.13. The van der Waals surface area contributed by atoms with Gasteiger partial charge in [-0.25, -0.2) is 0 Å². The Morgan fingerprint density at radius 1 is 1.29 bits per heavy atom. The molecule has 0 saturated carbocycles. The van der Waals surface area contributed by atoms with E-state index >= 15 is 0 Å². The van der Waals surface area contributed by atoms with Gasteiger partial charge in [-0.15, -0.1) is 0 Å². The average molecular weight is 279 g/mol. The van der Waals surface area contributed by atoms with Gasteiger partial charge in [0, 0.05) is 31.0 Å². The summed E-state index contributed by atoms with van der Waals surface area (Å²) in [6.07, 6.45) is 3.76. The molecule has 0 bridgehead atoms. The van der Waals surface area contributed by atoms with Crippen molar-refractivity contribution in [3.05, 3.63) is 65.5 Å². The van der Waals surface area contributed by atoms with Crippen LogP contribution in [-0.4, -0.2) is 22.3 Å². The van der Waals surface area contributed by atoms with E-state index in [9.17, 15) is 4.79 Å². The van der Waals surface area contributed by atoms with Gasteiger partial charge in [0.05, 0.1) is 12.5 Å². The van der Waals surface area contributed by atoms with Crippen molar-refractivity contribution in [3.63, 3.8) is 0 Å². The smallest absolute Gasteiger partial charge is 0.254 e. The average Bonchev–Trinajstić information content (AvgIpc) is 2.52. The zero-order valence-corrected chi connectivity index (χ0v) is 12.0. The summed E-state index contributed by atoms with van der Waals surface area (Å²) >= 11 is 0. The fourth-order valence-electron chi connectivity index (χ4n) is 2.13. The van der Waals surface area contributed by atoms with Gasteiger partial charge in [-0.2, -0.15) is 5.26 Å². The van der Waals surface area contributed by atoms with Crippen LogP contribution in [0.5, 0.6) is 0 Å². The number of nitriles is 1. The van der Waals surface area contributed by atoms with E-state index in [1.807, 2.05) is 43.3 Å². The molecule has 1 aromatic carbocycles. The maximum absolute atomic E-state index is 12.7. The molecule has 0 radical (unpaired) electrons. The Balaban J connectivity index is 2.21. The minimum absolute atomic E-state index is 0.0489. The van der Waals surface area contributed by atoms with E-state index in [4.69, 9.17) is 5.26 Å². The van der Waals surface area contributed by atoms with E-state index in [0.29, 0.717) is 25.1 Å². The third-order valence-corrected chi connectivity index (χ3v) is 3.25. The summed E-state index contributed by atoms with van der Waals surface area (Å²) in [7, 11) is 0. The van der Waals surface area contributed by atoms with E-state index < -0.39 is 0 Å². The van der Waals surface area contributed by atoms with E-state index in [-0.39, 0.29) is 5.91 Å². The van der Waals surface area contributed by atoms with E-state index in [0.717, 1.165) is 11.1 Å². The molecule has 4 nitrogen and oxygen atoms in total. The highest BCUT2D eigenvalue weighted by Crippen LogP contribution is 2.13. The van der Waals surface area contributed by atoms with E-state index in [2.05, 4.69) is 11.1 Å². The lowest BCUT2D eigenvalue weighted by Gasteiger charge is -2.22. The van der Waals surface area contributed by atoms with Gasteiger partial charge in [-0.1, -0.05) is 24.3 Å². The lowest BCUT2D eigenvalue weighted by Crippen LogP contribution is -2.32. The quantitative estimate of drug-likeness (QED) is 0.845. The van der Waals surface area contributed by atoms with Gasteiger partial charge in [0.25, 0.3) is 5.91 Å². The predicted molar refractivity (Wildman–Crippen MR) is 80.4 cm³/mol. The van der Waals surface area contributed by atoms with Crippen molar-refractivity contribution in [1.29, 1.82) is 5.26 Å². The standard InChI is InChI=1S/C17H17N3O/c1-14-6-2-3-8-16(14)17(21)20(11-5-9-18)13-15-7-4-10-19-12-15/h2-4,6-8,10,12H,5,11,13H2,1H3. The molecule has 0 atom stereocenters. The summed E-state index contributed by atoms with van der Waals surface area (Å²) in [5, 5.41) is 8.79. The van der Waals surface area contributed by atoms with Gasteiger partial charge in [0.1, 0.15) is 0 Å². The zero-order valence-electron chi connectivity index (χ0n) is 12.0. The van der Waals surface area contributed by atoms with Crippen LogP contribution >= 0.6 is 0 Å². The number of pyridine rings is 1. The van der Waals surface area contributed by atoms with Crippen LogP contribution < -0.4 is 0 Å². The number of carbonyl (C=O) groups excluding carboxylic acids is 1. The minimum atomic E-state index is -0.0489. The summed E-state index contributed by atoms with van der Waals surface area (Å²) < 4.78 is 0. The Hall–Kier alpha value is -2.67. The van der Waals surface area contributed by atoms with Crippen LogP contribution in [0.15, 0.2) is 48.8 Å². The van der Waals surface area contributed by atoms with Crippen LogP contribution in [0, 0.1) is 18.3 Å². The number of nitrogens with zero attached hydrogens (tertiary/aromatic N) is 3. The molecular weight excluding hydrogens is 262 g/mol. The number of carbonyl (C=O) groups is 1. The van der Waals surface area contributed by atoms with Crippen LogP contribution in [0.25, 0.3) is 0 Å². The number of hydrogen-bond acceptors (Lipinski definition) is 3. The minimum Gasteiger partial charge on any atom is -0.333 e. The van der Waals surface area contributed by atoms with Crippen LogP contribution in [0.2, 0.25) is 0 Å². The van der Waals surface area contributed by atoms with Crippen molar-refractivity contribution >= 4 is 5.91 Å². The molecule has 0 aliphatic rings. The van der Waals surface area contributed by atoms with Crippen LogP contribution in [0.3, 0.4) is 0 Å². The van der Waals surface area contributed by atoms with Crippen molar-refractivity contribution < 1.29 is 4.79 Å². The van der Waals surface area contributed by atoms with E-state index in [1.54, 1.807) is 17.3 Å². The molecule has 106 valence electrons. The zero-order chi connectivity index (χ0) is 15.1. The SMILES string of the molecule is Cc1ccccc1C(=O)N(CCC#N)Cc1cccnc1. The maximum Gasteiger partial charge on any atom is 0.254 e. The molecule has 0 N–H and O–H groups in total. The molecule has 1 amide bonds. The Morgan fingerprint density at radius 2 is 2.10 bits per heavy atom. The Labute approximate surface area is 124 Å². The van der Waals surface area contributed by atoms with Gasteiger partial charge in [-0.05, 0) is 30.2 Å². The Morgan fingerprint density at radius 3 is 2.76 bits per heavy atom. The first kappa shape index (κ1) is 14.7. The monoisotopic (exact) mass is 279 g/mol. The Kier molecular flexibility index (Phi) is 5.05. The highest BCUT2D eigenvalue weighted by molar-refractivity contribution is 5.95.